The van der Waals surface area contributed by atoms with Crippen LogP contribution in [0, 0.1) is 0 Å². The molecule has 17 heavy (non-hydrogen) atoms. The quantitative estimate of drug-likeness (QED) is 0.878. The smallest absolute Gasteiger partial charge is 0.106 e. The van der Waals surface area contributed by atoms with Gasteiger partial charge in [-0.25, -0.2) is 4.98 Å². The maximum Gasteiger partial charge on any atom is 0.106 e. The molecule has 0 saturated carbocycles. The first-order valence-corrected chi connectivity index (χ1v) is 6.96. The van der Waals surface area contributed by atoms with Gasteiger partial charge in [0.15, 0.2) is 0 Å². The molecule has 1 fully saturated rings. The molecule has 0 radical (unpaired) electrons. The maximum atomic E-state index is 5.59. The number of thiazole rings is 1. The van der Waals surface area contributed by atoms with Crippen LogP contribution in [0.15, 0.2) is 5.38 Å². The summed E-state index contributed by atoms with van der Waals surface area (Å²) in [5.41, 5.74) is 7.00. The molecule has 0 atom stereocenters. The second-order valence-electron chi connectivity index (χ2n) is 5.38. The highest BCUT2D eigenvalue weighted by Crippen LogP contribution is 2.20. The second-order valence-corrected chi connectivity index (χ2v) is 6.32. The molecule has 0 spiro atoms. The average molecular weight is 254 g/mol. The number of hydrogen-bond acceptors (Lipinski definition) is 5. The number of nitrogens with two attached hydrogens (primary N) is 1. The van der Waals surface area contributed by atoms with Crippen molar-refractivity contribution in [2.75, 3.05) is 26.7 Å². The number of rotatable bonds is 3. The molecule has 1 aliphatic heterocycles. The van der Waals surface area contributed by atoms with Crippen molar-refractivity contribution in [2.24, 2.45) is 5.73 Å². The van der Waals surface area contributed by atoms with Gasteiger partial charge < -0.3 is 5.73 Å². The van der Waals surface area contributed by atoms with Crippen molar-refractivity contribution in [2.45, 2.75) is 32.5 Å². The summed E-state index contributed by atoms with van der Waals surface area (Å²) in [6, 6.07) is 0. The largest absolute Gasteiger partial charge is 0.325 e. The Hall–Kier alpha value is -0.490. The zero-order valence-corrected chi connectivity index (χ0v) is 11.8. The van der Waals surface area contributed by atoms with Crippen LogP contribution in [0.2, 0.25) is 0 Å². The zero-order valence-electron chi connectivity index (χ0n) is 10.9. The van der Waals surface area contributed by atoms with Gasteiger partial charge in [-0.3, -0.25) is 9.80 Å². The predicted molar refractivity (Wildman–Crippen MR) is 72.0 cm³/mol. The van der Waals surface area contributed by atoms with Gasteiger partial charge in [-0.15, -0.1) is 11.3 Å². The number of nitrogens with zero attached hydrogens (tertiary/aromatic N) is 3. The highest BCUT2D eigenvalue weighted by atomic mass is 32.1. The summed E-state index contributed by atoms with van der Waals surface area (Å²) in [5, 5.41) is 3.17. The Labute approximate surface area is 107 Å². The molecule has 2 N–H and O–H groups in total. The van der Waals surface area contributed by atoms with Gasteiger partial charge in [0.05, 0.1) is 5.69 Å². The highest BCUT2D eigenvalue weighted by molar-refractivity contribution is 7.09. The van der Waals surface area contributed by atoms with Crippen LogP contribution in [0.4, 0.5) is 0 Å². The fourth-order valence-corrected chi connectivity index (χ4v) is 2.89. The number of piperazine rings is 1. The molecule has 96 valence electrons. The molecule has 1 aliphatic rings. The average Bonchev–Trinajstić information content (AvgIpc) is 2.71. The Balaban J connectivity index is 1.96. The number of hydrogen-bond donors (Lipinski definition) is 1. The molecular weight excluding hydrogens is 232 g/mol. The van der Waals surface area contributed by atoms with Crippen LogP contribution in [0.3, 0.4) is 0 Å². The van der Waals surface area contributed by atoms with Crippen LogP contribution >= 0.6 is 11.3 Å². The van der Waals surface area contributed by atoms with E-state index in [1.54, 1.807) is 11.3 Å². The van der Waals surface area contributed by atoms with E-state index in [2.05, 4.69) is 41.1 Å². The SMILES string of the molecule is CN1CCN(Cc2csc(CN)n2)CC1(C)C. The zero-order chi connectivity index (χ0) is 12.5. The Morgan fingerprint density at radius 2 is 2.24 bits per heavy atom. The Kier molecular flexibility index (Phi) is 3.82. The van der Waals surface area contributed by atoms with E-state index in [1.807, 2.05) is 0 Å². The van der Waals surface area contributed by atoms with Crippen molar-refractivity contribution in [1.29, 1.82) is 0 Å². The molecule has 0 amide bonds. The van der Waals surface area contributed by atoms with E-state index >= 15 is 0 Å². The van der Waals surface area contributed by atoms with Crippen LogP contribution < -0.4 is 5.73 Å². The summed E-state index contributed by atoms with van der Waals surface area (Å²) in [7, 11) is 2.20. The van der Waals surface area contributed by atoms with E-state index in [4.69, 9.17) is 5.73 Å². The molecule has 1 saturated heterocycles. The lowest BCUT2D eigenvalue weighted by atomic mass is 10.00. The van der Waals surface area contributed by atoms with Crippen molar-refractivity contribution in [3.8, 4) is 0 Å². The summed E-state index contributed by atoms with van der Waals surface area (Å²) in [4.78, 5) is 9.44. The van der Waals surface area contributed by atoms with Gasteiger partial charge in [-0.05, 0) is 20.9 Å². The lowest BCUT2D eigenvalue weighted by molar-refractivity contribution is 0.0355. The van der Waals surface area contributed by atoms with Crippen molar-refractivity contribution >= 4 is 11.3 Å². The maximum absolute atomic E-state index is 5.59. The van der Waals surface area contributed by atoms with E-state index in [-0.39, 0.29) is 5.54 Å². The monoisotopic (exact) mass is 254 g/mol. The Morgan fingerprint density at radius 3 is 2.82 bits per heavy atom. The van der Waals surface area contributed by atoms with Gasteiger partial charge in [0.25, 0.3) is 0 Å². The third kappa shape index (κ3) is 3.04. The van der Waals surface area contributed by atoms with Crippen LogP contribution in [0.5, 0.6) is 0 Å². The first-order valence-electron chi connectivity index (χ1n) is 6.08. The van der Waals surface area contributed by atoms with Crippen molar-refractivity contribution in [3.05, 3.63) is 16.1 Å². The molecular formula is C12H22N4S. The van der Waals surface area contributed by atoms with E-state index < -0.39 is 0 Å². The van der Waals surface area contributed by atoms with Crippen LogP contribution in [0.1, 0.15) is 24.5 Å². The minimum atomic E-state index is 0.255. The molecule has 2 rings (SSSR count). The molecule has 2 heterocycles. The first-order chi connectivity index (χ1) is 8.01. The molecule has 0 unspecified atom stereocenters. The highest BCUT2D eigenvalue weighted by Gasteiger charge is 2.30. The number of aromatic nitrogens is 1. The Morgan fingerprint density at radius 1 is 1.47 bits per heavy atom. The van der Waals surface area contributed by atoms with Crippen LogP contribution in [0.25, 0.3) is 0 Å². The Bertz CT molecular complexity index is 374. The van der Waals surface area contributed by atoms with Gasteiger partial charge in [0.1, 0.15) is 5.01 Å². The summed E-state index contributed by atoms with van der Waals surface area (Å²) in [6.45, 7) is 9.44. The number of likely N-dealkylation sites (N-methyl/N-ethyl adjacent to an activating group) is 1. The van der Waals surface area contributed by atoms with Gasteiger partial charge >= 0.3 is 0 Å². The fourth-order valence-electron chi connectivity index (χ4n) is 2.22. The van der Waals surface area contributed by atoms with Gasteiger partial charge in [0, 0.05) is 43.6 Å². The summed E-state index contributed by atoms with van der Waals surface area (Å²) >= 11 is 1.67. The summed E-state index contributed by atoms with van der Waals surface area (Å²) < 4.78 is 0. The first kappa shape index (κ1) is 13.0. The van der Waals surface area contributed by atoms with Crippen molar-refractivity contribution in [1.82, 2.24) is 14.8 Å². The fraction of sp³-hybridized carbons (Fsp3) is 0.750. The molecule has 1 aromatic heterocycles. The normalized spacial score (nSPS) is 21.9. The van der Waals surface area contributed by atoms with E-state index in [1.165, 1.54) is 0 Å². The van der Waals surface area contributed by atoms with E-state index in [0.717, 1.165) is 36.9 Å². The topological polar surface area (TPSA) is 45.4 Å². The van der Waals surface area contributed by atoms with Gasteiger partial charge in [-0.1, -0.05) is 0 Å². The molecule has 1 aromatic rings. The molecule has 0 aliphatic carbocycles. The van der Waals surface area contributed by atoms with Gasteiger partial charge in [0.2, 0.25) is 0 Å². The molecule has 0 aromatic carbocycles. The van der Waals surface area contributed by atoms with Crippen molar-refractivity contribution < 1.29 is 0 Å². The third-order valence-electron chi connectivity index (χ3n) is 3.56. The molecule has 0 bridgehead atoms. The minimum Gasteiger partial charge on any atom is -0.325 e. The summed E-state index contributed by atoms with van der Waals surface area (Å²) in [5.74, 6) is 0. The van der Waals surface area contributed by atoms with Crippen LogP contribution in [-0.4, -0.2) is 47.0 Å². The van der Waals surface area contributed by atoms with E-state index in [0.29, 0.717) is 6.54 Å². The molecule has 4 nitrogen and oxygen atoms in total. The van der Waals surface area contributed by atoms with Crippen LogP contribution in [-0.2, 0) is 13.1 Å². The standard InChI is InChI=1S/C12H22N4S/c1-12(2)9-16(5-4-15(12)3)7-10-8-17-11(6-13)14-10/h8H,4-7,9,13H2,1-3H3. The third-order valence-corrected chi connectivity index (χ3v) is 4.48. The second kappa shape index (κ2) is 5.02. The predicted octanol–water partition coefficient (Wildman–Crippen LogP) is 1.13. The van der Waals surface area contributed by atoms with Crippen molar-refractivity contribution in [3.63, 3.8) is 0 Å². The summed E-state index contributed by atoms with van der Waals surface area (Å²) in [6.07, 6.45) is 0. The lowest BCUT2D eigenvalue weighted by Crippen LogP contribution is -2.57. The molecule has 5 heteroatoms. The minimum absolute atomic E-state index is 0.255. The van der Waals surface area contributed by atoms with Gasteiger partial charge in [-0.2, -0.15) is 0 Å². The van der Waals surface area contributed by atoms with E-state index in [9.17, 15) is 0 Å². The lowest BCUT2D eigenvalue weighted by Gasteiger charge is -2.45.